The number of aliphatic hydroxyl groups is 1. The van der Waals surface area contributed by atoms with Crippen molar-refractivity contribution in [2.45, 2.75) is 329 Å². The Labute approximate surface area is 618 Å². The molecule has 0 aliphatic rings. The van der Waals surface area contributed by atoms with E-state index in [9.17, 15) is 43.2 Å². The lowest BCUT2D eigenvalue weighted by Crippen LogP contribution is -2.30. The molecule has 3 N–H and O–H groups in total. The minimum absolute atomic E-state index is 0.0721. The van der Waals surface area contributed by atoms with Gasteiger partial charge in [-0.3, -0.25) is 37.3 Å². The summed E-state index contributed by atoms with van der Waals surface area (Å²) in [4.78, 5) is 73.0. The van der Waals surface area contributed by atoms with Crippen LogP contribution in [0.1, 0.15) is 310 Å². The number of carbonyl (C=O) groups is 4. The van der Waals surface area contributed by atoms with Gasteiger partial charge in [0.1, 0.15) is 19.3 Å². The van der Waals surface area contributed by atoms with Gasteiger partial charge >= 0.3 is 39.5 Å². The van der Waals surface area contributed by atoms with Gasteiger partial charge in [0.05, 0.1) is 26.4 Å². The molecule has 5 atom stereocenters. The predicted molar refractivity (Wildman–Crippen MR) is 418 cm³/mol. The SMILES string of the molecule is CC/C=C\C/C=C\C/C=C\C/C=C\CCCCCCCCC(=O)OCC(COP(=O)(O)OCC(O)COP(=O)(O)OCC(COC(=O)CCCCCCCCC/C=C\C/C=C\C/C=C\CC)OC(=O)CCCCCCC/C=C\C/C=C\CCC)OC(=O)CCCCCCC/C=C\C/C=C\CCC. The van der Waals surface area contributed by atoms with Gasteiger partial charge in [0.2, 0.25) is 0 Å². The molecule has 5 unspecified atom stereocenters. The molecule has 0 saturated heterocycles. The molecule has 0 aromatic heterocycles. The molecule has 17 nitrogen and oxygen atoms in total. The fourth-order valence-electron chi connectivity index (χ4n) is 10.1. The van der Waals surface area contributed by atoms with Crippen LogP contribution in [0.15, 0.2) is 134 Å². The maximum Gasteiger partial charge on any atom is 0.472 e. The highest BCUT2D eigenvalue weighted by atomic mass is 31.2. The first kappa shape index (κ1) is 97.2. The first-order valence-electron chi connectivity index (χ1n) is 39.4. The maximum absolute atomic E-state index is 13.1. The van der Waals surface area contributed by atoms with Crippen LogP contribution >= 0.6 is 15.6 Å². The molecule has 0 saturated carbocycles. The maximum atomic E-state index is 13.1. The van der Waals surface area contributed by atoms with Crippen LogP contribution in [-0.2, 0) is 65.4 Å². The summed E-state index contributed by atoms with van der Waals surface area (Å²) in [6.07, 6.45) is 82.9. The summed E-state index contributed by atoms with van der Waals surface area (Å²) in [5.74, 6) is -2.23. The molecule has 0 rings (SSSR count). The van der Waals surface area contributed by atoms with Crippen LogP contribution in [0.25, 0.3) is 0 Å². The van der Waals surface area contributed by atoms with Gasteiger partial charge in [-0.05, 0) is 148 Å². The third-order valence-corrected chi connectivity index (χ3v) is 17.9. The standard InChI is InChI=1S/C83H140O17P2/c1-5-9-13-17-21-25-29-33-35-37-38-40-42-46-48-52-56-60-64-68-81(86)94-74-79(100-83(88)70-66-62-58-54-50-44-32-28-24-20-16-12-8-4)76-98-102(91,92)96-72-77(84)71-95-101(89,90)97-75-78(99-82(87)69-65-61-57-53-49-43-31-27-23-19-15-11-7-3)73-93-80(85)67-63-59-55-51-47-45-41-39-36-34-30-26-22-18-14-10-6-2/h9-10,13-16,19-22,25-28,31-36,38,40,77-79,84H,5-8,11-12,17-18,23-24,29-30,37,39,41-76H2,1-4H3,(H,89,90)(H,91,92)/b13-9-,14-10-,19-15-,20-16-,25-21-,26-22-,31-27-,32-28-,35-33-,36-34-,40-38-. The number of carbonyl (C=O) groups excluding carboxylic acids is 4. The van der Waals surface area contributed by atoms with Crippen LogP contribution in [0.2, 0.25) is 0 Å². The van der Waals surface area contributed by atoms with Crippen molar-refractivity contribution in [3.63, 3.8) is 0 Å². The van der Waals surface area contributed by atoms with Crippen LogP contribution < -0.4 is 0 Å². The van der Waals surface area contributed by atoms with Gasteiger partial charge in [0.15, 0.2) is 12.2 Å². The number of esters is 4. The summed E-state index contributed by atoms with van der Waals surface area (Å²) in [5, 5.41) is 10.6. The van der Waals surface area contributed by atoms with Gasteiger partial charge in [0.25, 0.3) is 0 Å². The van der Waals surface area contributed by atoms with Gasteiger partial charge in [-0.1, -0.05) is 271 Å². The van der Waals surface area contributed by atoms with E-state index >= 15 is 0 Å². The van der Waals surface area contributed by atoms with Crippen molar-refractivity contribution in [1.82, 2.24) is 0 Å². The monoisotopic (exact) mass is 1470 g/mol. The second kappa shape index (κ2) is 74.5. The number of ether oxygens (including phenoxy) is 4. The van der Waals surface area contributed by atoms with Crippen molar-refractivity contribution >= 4 is 39.5 Å². The average molecular weight is 1470 g/mol. The van der Waals surface area contributed by atoms with E-state index in [1.165, 1.54) is 0 Å². The number of phosphoric ester groups is 2. The molecule has 0 aromatic rings. The van der Waals surface area contributed by atoms with Crippen molar-refractivity contribution in [1.29, 1.82) is 0 Å². The molecule has 0 radical (unpaired) electrons. The van der Waals surface area contributed by atoms with E-state index in [1.807, 2.05) is 0 Å². The average Bonchev–Trinajstić information content (AvgIpc) is 0.909. The minimum atomic E-state index is -4.99. The zero-order valence-corrected chi connectivity index (χ0v) is 65.5. The van der Waals surface area contributed by atoms with Gasteiger partial charge in [-0.25, -0.2) is 9.13 Å². The molecule has 0 spiro atoms. The quantitative estimate of drug-likeness (QED) is 0.0169. The van der Waals surface area contributed by atoms with E-state index in [4.69, 9.17) is 37.0 Å². The summed E-state index contributed by atoms with van der Waals surface area (Å²) in [6.45, 7) is 4.47. The van der Waals surface area contributed by atoms with Crippen molar-refractivity contribution in [2.75, 3.05) is 39.6 Å². The van der Waals surface area contributed by atoms with Crippen LogP contribution in [0.5, 0.6) is 0 Å². The van der Waals surface area contributed by atoms with Gasteiger partial charge in [-0.15, -0.1) is 0 Å². The normalized spacial score (nSPS) is 14.6. The second-order valence-corrected chi connectivity index (χ2v) is 28.8. The largest absolute Gasteiger partial charge is 0.472 e. The van der Waals surface area contributed by atoms with Gasteiger partial charge in [-0.2, -0.15) is 0 Å². The highest BCUT2D eigenvalue weighted by Gasteiger charge is 2.30. The molecule has 0 aliphatic carbocycles. The molecular weight excluding hydrogens is 1330 g/mol. The van der Waals surface area contributed by atoms with E-state index in [0.717, 1.165) is 231 Å². The Hall–Kier alpha value is -4.80. The number of hydrogen-bond acceptors (Lipinski definition) is 15. The number of phosphoric acid groups is 2. The molecule has 0 amide bonds. The fraction of sp³-hybridized carbons (Fsp3) is 0.687. The molecular formula is C83H140O17P2. The molecule has 584 valence electrons. The van der Waals surface area contributed by atoms with Crippen molar-refractivity contribution in [3.05, 3.63) is 134 Å². The van der Waals surface area contributed by atoms with E-state index in [-0.39, 0.29) is 25.7 Å². The molecule has 0 fully saturated rings. The Bertz CT molecular complexity index is 2460. The second-order valence-electron chi connectivity index (χ2n) is 25.9. The van der Waals surface area contributed by atoms with Crippen LogP contribution in [-0.4, -0.2) is 96.7 Å². The van der Waals surface area contributed by atoms with Gasteiger partial charge in [0, 0.05) is 25.7 Å². The predicted octanol–water partition coefficient (Wildman–Crippen LogP) is 22.9. The Kier molecular flexibility index (Phi) is 71.0. The van der Waals surface area contributed by atoms with Crippen LogP contribution in [0, 0.1) is 0 Å². The zero-order chi connectivity index (χ0) is 74.6. The summed E-state index contributed by atoms with van der Waals surface area (Å²) in [7, 11) is -9.97. The van der Waals surface area contributed by atoms with E-state index in [0.29, 0.717) is 25.7 Å². The summed E-state index contributed by atoms with van der Waals surface area (Å²) in [5.41, 5.74) is 0. The molecule has 0 heterocycles. The number of aliphatic hydroxyl groups excluding tert-OH is 1. The lowest BCUT2D eigenvalue weighted by atomic mass is 10.1. The summed E-state index contributed by atoms with van der Waals surface area (Å²) in [6, 6.07) is 0. The number of unbranched alkanes of at least 4 members (excludes halogenated alkanes) is 25. The molecule has 102 heavy (non-hydrogen) atoms. The Morgan fingerprint density at radius 3 is 0.784 bits per heavy atom. The van der Waals surface area contributed by atoms with Gasteiger partial charge < -0.3 is 33.8 Å². The molecule has 19 heteroatoms. The fourth-order valence-corrected chi connectivity index (χ4v) is 11.7. The molecule has 0 aromatic carbocycles. The first-order chi connectivity index (χ1) is 49.7. The molecule has 0 aliphatic heterocycles. The van der Waals surface area contributed by atoms with Crippen LogP contribution in [0.4, 0.5) is 0 Å². The highest BCUT2D eigenvalue weighted by molar-refractivity contribution is 7.47. The third kappa shape index (κ3) is 73.5. The lowest BCUT2D eigenvalue weighted by Gasteiger charge is -2.21. The number of allylic oxidation sites excluding steroid dienone is 22. The van der Waals surface area contributed by atoms with E-state index < -0.39 is 97.5 Å². The topological polar surface area (TPSA) is 237 Å². The summed E-state index contributed by atoms with van der Waals surface area (Å²) >= 11 is 0. The smallest absolute Gasteiger partial charge is 0.462 e. The third-order valence-electron chi connectivity index (χ3n) is 16.0. The van der Waals surface area contributed by atoms with Crippen LogP contribution in [0.3, 0.4) is 0 Å². The minimum Gasteiger partial charge on any atom is -0.462 e. The number of rotatable bonds is 73. The Balaban J connectivity index is 5.36. The number of hydrogen-bond donors (Lipinski definition) is 3. The van der Waals surface area contributed by atoms with Crippen molar-refractivity contribution in [3.8, 4) is 0 Å². The van der Waals surface area contributed by atoms with E-state index in [2.05, 4.69) is 161 Å². The summed E-state index contributed by atoms with van der Waals surface area (Å²) < 4.78 is 68.5. The van der Waals surface area contributed by atoms with E-state index in [1.54, 1.807) is 0 Å². The van der Waals surface area contributed by atoms with Crippen molar-refractivity contribution in [2.24, 2.45) is 0 Å². The Morgan fingerprint density at radius 1 is 0.284 bits per heavy atom. The van der Waals surface area contributed by atoms with Crippen molar-refractivity contribution < 1.29 is 80.2 Å². The lowest BCUT2D eigenvalue weighted by molar-refractivity contribution is -0.161. The Morgan fingerprint density at radius 2 is 0.510 bits per heavy atom. The first-order valence-corrected chi connectivity index (χ1v) is 42.4. The highest BCUT2D eigenvalue weighted by Crippen LogP contribution is 2.45. The molecule has 0 bridgehead atoms. The zero-order valence-electron chi connectivity index (χ0n) is 63.7.